The maximum atomic E-state index is 11.4. The molecule has 0 saturated carbocycles. The zero-order valence-corrected chi connectivity index (χ0v) is 12.8. The zero-order chi connectivity index (χ0) is 15.4. The van der Waals surface area contributed by atoms with Gasteiger partial charge in [0.25, 0.3) is 0 Å². The number of aromatic nitrogens is 2. The molecule has 2 heterocycles. The van der Waals surface area contributed by atoms with Crippen LogP contribution >= 0.6 is 0 Å². The summed E-state index contributed by atoms with van der Waals surface area (Å²) in [5, 5.41) is 0. The van der Waals surface area contributed by atoms with Gasteiger partial charge in [-0.1, -0.05) is 18.2 Å². The molecule has 0 aliphatic heterocycles. The van der Waals surface area contributed by atoms with E-state index in [9.17, 15) is 4.79 Å². The van der Waals surface area contributed by atoms with E-state index in [0.29, 0.717) is 11.5 Å². The van der Waals surface area contributed by atoms with Gasteiger partial charge < -0.3 is 4.90 Å². The fourth-order valence-electron chi connectivity index (χ4n) is 1.90. The molecule has 0 unspecified atom stereocenters. The monoisotopic (exact) mass is 281 g/mol. The molecule has 4 nitrogen and oxygen atoms in total. The smallest absolute Gasteiger partial charge is 0.178 e. The lowest BCUT2D eigenvalue weighted by molar-refractivity contribution is 0.101. The van der Waals surface area contributed by atoms with Crippen LogP contribution < -0.4 is 4.90 Å². The molecule has 4 heteroatoms. The van der Waals surface area contributed by atoms with Crippen LogP contribution in [-0.2, 0) is 0 Å². The van der Waals surface area contributed by atoms with E-state index in [1.807, 2.05) is 62.2 Å². The van der Waals surface area contributed by atoms with Crippen molar-refractivity contribution in [2.45, 2.75) is 20.8 Å². The van der Waals surface area contributed by atoms with Crippen molar-refractivity contribution < 1.29 is 4.79 Å². The van der Waals surface area contributed by atoms with Crippen molar-refractivity contribution in [1.29, 1.82) is 0 Å². The average Bonchev–Trinajstić information content (AvgIpc) is 2.53. The Bertz CT molecular complexity index is 692. The Hall–Kier alpha value is -2.49. The van der Waals surface area contributed by atoms with Crippen LogP contribution in [0.4, 0.5) is 11.6 Å². The third-order valence-corrected chi connectivity index (χ3v) is 3.35. The van der Waals surface area contributed by atoms with Gasteiger partial charge in [-0.05, 0) is 43.7 Å². The van der Waals surface area contributed by atoms with Crippen molar-refractivity contribution in [1.82, 2.24) is 9.97 Å². The highest BCUT2D eigenvalue weighted by Gasteiger charge is 2.10. The molecule has 0 N–H and O–H groups in total. The number of nitrogens with zero attached hydrogens (tertiary/aromatic N) is 3. The SMILES string of the molecule is C/C=C(\C)c1cccc(N(C)c2cccc(C(C)=O)n2)n1. The molecular formula is C17H19N3O. The Labute approximate surface area is 125 Å². The van der Waals surface area contributed by atoms with Gasteiger partial charge in [-0.15, -0.1) is 0 Å². The number of pyridine rings is 2. The number of ketones is 1. The topological polar surface area (TPSA) is 46.1 Å². The summed E-state index contributed by atoms with van der Waals surface area (Å²) < 4.78 is 0. The van der Waals surface area contributed by atoms with E-state index in [0.717, 1.165) is 17.1 Å². The average molecular weight is 281 g/mol. The number of rotatable bonds is 4. The highest BCUT2D eigenvalue weighted by Crippen LogP contribution is 2.22. The highest BCUT2D eigenvalue weighted by atomic mass is 16.1. The first-order valence-corrected chi connectivity index (χ1v) is 6.85. The maximum absolute atomic E-state index is 11.4. The molecule has 0 bridgehead atoms. The minimum absolute atomic E-state index is 0.0447. The number of Topliss-reactive ketones (excluding diaryl/α,β-unsaturated/α-hetero) is 1. The Morgan fingerprint density at radius 3 is 2.05 bits per heavy atom. The van der Waals surface area contributed by atoms with Crippen LogP contribution in [0.5, 0.6) is 0 Å². The Balaban J connectivity index is 2.38. The van der Waals surface area contributed by atoms with Crippen molar-refractivity contribution in [3.05, 3.63) is 53.9 Å². The molecule has 0 radical (unpaired) electrons. The summed E-state index contributed by atoms with van der Waals surface area (Å²) in [7, 11) is 1.89. The molecular weight excluding hydrogens is 262 g/mol. The molecule has 2 aromatic rings. The van der Waals surface area contributed by atoms with Gasteiger partial charge in [-0.25, -0.2) is 9.97 Å². The predicted molar refractivity (Wildman–Crippen MR) is 85.9 cm³/mol. The second-order valence-electron chi connectivity index (χ2n) is 4.85. The fourth-order valence-corrected chi connectivity index (χ4v) is 1.90. The largest absolute Gasteiger partial charge is 0.314 e. The molecule has 0 aromatic carbocycles. The van der Waals surface area contributed by atoms with E-state index in [1.165, 1.54) is 6.92 Å². The molecule has 2 rings (SSSR count). The summed E-state index contributed by atoms with van der Waals surface area (Å²) >= 11 is 0. The highest BCUT2D eigenvalue weighted by molar-refractivity contribution is 5.92. The molecule has 0 fully saturated rings. The zero-order valence-electron chi connectivity index (χ0n) is 12.8. The Morgan fingerprint density at radius 2 is 1.52 bits per heavy atom. The normalized spacial score (nSPS) is 11.3. The van der Waals surface area contributed by atoms with Crippen LogP contribution in [0.2, 0.25) is 0 Å². The first-order chi connectivity index (χ1) is 10.0. The standard InChI is InChI=1S/C17H19N3O/c1-5-12(2)14-8-6-10-16(18-14)20(4)17-11-7-9-15(19-17)13(3)21/h5-11H,1-4H3/b12-5+. The number of carbonyl (C=O) groups is 1. The van der Waals surface area contributed by atoms with E-state index in [2.05, 4.69) is 9.97 Å². The van der Waals surface area contributed by atoms with Crippen molar-refractivity contribution in [3.63, 3.8) is 0 Å². The lowest BCUT2D eigenvalue weighted by Gasteiger charge is -2.18. The molecule has 0 amide bonds. The van der Waals surface area contributed by atoms with Crippen molar-refractivity contribution >= 4 is 23.0 Å². The third-order valence-electron chi connectivity index (χ3n) is 3.35. The molecule has 0 spiro atoms. The first kappa shape index (κ1) is 14.9. The second kappa shape index (κ2) is 6.31. The lowest BCUT2D eigenvalue weighted by Crippen LogP contribution is -2.14. The van der Waals surface area contributed by atoms with Gasteiger partial charge in [0.15, 0.2) is 5.78 Å². The molecule has 0 atom stereocenters. The van der Waals surface area contributed by atoms with Crippen LogP contribution in [0.3, 0.4) is 0 Å². The van der Waals surface area contributed by atoms with E-state index in [-0.39, 0.29) is 5.78 Å². The summed E-state index contributed by atoms with van der Waals surface area (Å²) in [6.07, 6.45) is 2.03. The van der Waals surface area contributed by atoms with Crippen molar-refractivity contribution in [2.75, 3.05) is 11.9 Å². The van der Waals surface area contributed by atoms with E-state index >= 15 is 0 Å². The first-order valence-electron chi connectivity index (χ1n) is 6.85. The third kappa shape index (κ3) is 3.34. The molecule has 108 valence electrons. The molecule has 2 aromatic heterocycles. The second-order valence-corrected chi connectivity index (χ2v) is 4.85. The van der Waals surface area contributed by atoms with E-state index < -0.39 is 0 Å². The molecule has 21 heavy (non-hydrogen) atoms. The quantitative estimate of drug-likeness (QED) is 0.798. The van der Waals surface area contributed by atoms with Crippen LogP contribution in [0, 0.1) is 0 Å². The summed E-state index contributed by atoms with van der Waals surface area (Å²) in [6, 6.07) is 11.3. The molecule has 0 saturated heterocycles. The van der Waals surface area contributed by atoms with Gasteiger partial charge in [0, 0.05) is 14.0 Å². The number of hydrogen-bond acceptors (Lipinski definition) is 4. The van der Waals surface area contributed by atoms with Gasteiger partial charge in [0.1, 0.15) is 17.3 Å². The minimum Gasteiger partial charge on any atom is -0.314 e. The van der Waals surface area contributed by atoms with Gasteiger partial charge >= 0.3 is 0 Å². The lowest BCUT2D eigenvalue weighted by atomic mass is 10.2. The van der Waals surface area contributed by atoms with Crippen molar-refractivity contribution in [3.8, 4) is 0 Å². The number of anilines is 2. The van der Waals surface area contributed by atoms with Gasteiger partial charge in [-0.2, -0.15) is 0 Å². The fraction of sp³-hybridized carbons (Fsp3) is 0.235. The van der Waals surface area contributed by atoms with E-state index in [4.69, 9.17) is 0 Å². The van der Waals surface area contributed by atoms with Gasteiger partial charge in [-0.3, -0.25) is 4.79 Å². The summed E-state index contributed by atoms with van der Waals surface area (Å²) in [6.45, 7) is 5.53. The minimum atomic E-state index is -0.0447. The van der Waals surface area contributed by atoms with Crippen LogP contribution in [0.25, 0.3) is 5.57 Å². The van der Waals surface area contributed by atoms with Crippen LogP contribution in [-0.4, -0.2) is 22.8 Å². The molecule has 0 aliphatic carbocycles. The Kier molecular flexibility index (Phi) is 4.48. The maximum Gasteiger partial charge on any atom is 0.178 e. The predicted octanol–water partition coefficient (Wildman–Crippen LogP) is 3.87. The number of hydrogen-bond donors (Lipinski definition) is 0. The summed E-state index contributed by atoms with van der Waals surface area (Å²) in [5.74, 6) is 1.45. The van der Waals surface area contributed by atoms with E-state index in [1.54, 1.807) is 6.07 Å². The summed E-state index contributed by atoms with van der Waals surface area (Å²) in [5.41, 5.74) is 2.51. The van der Waals surface area contributed by atoms with Crippen LogP contribution in [0.15, 0.2) is 42.5 Å². The number of carbonyl (C=O) groups excluding carboxylic acids is 1. The Morgan fingerprint density at radius 1 is 1.00 bits per heavy atom. The van der Waals surface area contributed by atoms with Gasteiger partial charge in [0.05, 0.1) is 5.69 Å². The molecule has 0 aliphatic rings. The van der Waals surface area contributed by atoms with Gasteiger partial charge in [0.2, 0.25) is 0 Å². The summed E-state index contributed by atoms with van der Waals surface area (Å²) in [4.78, 5) is 22.3. The van der Waals surface area contributed by atoms with Crippen LogP contribution in [0.1, 0.15) is 37.0 Å². The van der Waals surface area contributed by atoms with Crippen molar-refractivity contribution in [2.24, 2.45) is 0 Å². The number of allylic oxidation sites excluding steroid dienone is 2.